The largest absolute Gasteiger partial charge is 0.481 e. The monoisotopic (exact) mass is 405 g/mol. The van der Waals surface area contributed by atoms with Crippen molar-refractivity contribution in [3.8, 4) is 11.5 Å². The van der Waals surface area contributed by atoms with Crippen LogP contribution in [0.5, 0.6) is 11.5 Å². The minimum Gasteiger partial charge on any atom is -0.481 e. The molecule has 28 heavy (non-hydrogen) atoms. The molecule has 0 spiro atoms. The molecular formula is C22H28ClNO4. The molecule has 1 N–H and O–H groups in total. The molecule has 6 heteroatoms. The number of aliphatic carboxylic acids is 1. The number of aryl methyl sites for hydroxylation is 1. The van der Waals surface area contributed by atoms with E-state index in [2.05, 4.69) is 31.7 Å². The zero-order chi connectivity index (χ0) is 19.4. The van der Waals surface area contributed by atoms with Crippen LogP contribution in [-0.2, 0) is 15.1 Å². The normalized spacial score (nSPS) is 19.7. The molecule has 1 unspecified atom stereocenters. The third-order valence-electron chi connectivity index (χ3n) is 5.24. The van der Waals surface area contributed by atoms with Gasteiger partial charge in [0.05, 0.1) is 13.0 Å². The molecule has 1 aliphatic heterocycles. The molecule has 2 aromatic carbocycles. The number of carboxylic acid groups (broad SMARTS) is 1. The van der Waals surface area contributed by atoms with E-state index in [1.165, 1.54) is 5.56 Å². The lowest BCUT2D eigenvalue weighted by atomic mass is 9.93. The lowest BCUT2D eigenvalue weighted by Gasteiger charge is -2.40. The zero-order valence-corrected chi connectivity index (χ0v) is 17.4. The maximum Gasteiger partial charge on any atom is 0.304 e. The molecular weight excluding hydrogens is 378 g/mol. The molecule has 0 amide bonds. The first-order valence-corrected chi connectivity index (χ1v) is 9.30. The van der Waals surface area contributed by atoms with E-state index < -0.39 is 11.6 Å². The summed E-state index contributed by atoms with van der Waals surface area (Å²) in [5, 5.41) is 8.91. The summed E-state index contributed by atoms with van der Waals surface area (Å²) in [5.74, 6) is 0.883. The highest BCUT2D eigenvalue weighted by atomic mass is 35.5. The van der Waals surface area contributed by atoms with E-state index in [-0.39, 0.29) is 18.8 Å². The smallest absolute Gasteiger partial charge is 0.304 e. The van der Waals surface area contributed by atoms with Gasteiger partial charge in [-0.05, 0) is 55.7 Å². The number of benzene rings is 2. The van der Waals surface area contributed by atoms with Gasteiger partial charge in [0.25, 0.3) is 0 Å². The first-order valence-electron chi connectivity index (χ1n) is 9.30. The number of nitrogens with zero attached hydrogens (tertiary/aromatic N) is 1. The number of hydrogen-bond acceptors (Lipinski definition) is 4. The second kappa shape index (κ2) is 9.41. The number of carboxylic acids is 1. The van der Waals surface area contributed by atoms with E-state index in [1.54, 1.807) is 0 Å². The lowest BCUT2D eigenvalue weighted by molar-refractivity contribution is -0.139. The van der Waals surface area contributed by atoms with Crippen LogP contribution in [0.2, 0.25) is 0 Å². The van der Waals surface area contributed by atoms with Gasteiger partial charge in [0.2, 0.25) is 0 Å². The molecule has 5 nitrogen and oxygen atoms in total. The third kappa shape index (κ3) is 5.25. The SMILES string of the molecule is Cc1cccc(Oc2ccc(C3(C)CN(CCC(=O)O)CCO3)cc2)c1C.Cl. The average molecular weight is 406 g/mol. The lowest BCUT2D eigenvalue weighted by Crippen LogP contribution is -2.48. The summed E-state index contributed by atoms with van der Waals surface area (Å²) in [7, 11) is 0. The van der Waals surface area contributed by atoms with Gasteiger partial charge in [-0.3, -0.25) is 9.69 Å². The van der Waals surface area contributed by atoms with Gasteiger partial charge in [-0.15, -0.1) is 12.4 Å². The number of halogens is 1. The van der Waals surface area contributed by atoms with Crippen LogP contribution in [0.15, 0.2) is 42.5 Å². The average Bonchev–Trinajstić information content (AvgIpc) is 2.64. The highest BCUT2D eigenvalue weighted by molar-refractivity contribution is 5.85. The van der Waals surface area contributed by atoms with Crippen LogP contribution >= 0.6 is 12.4 Å². The molecule has 0 aliphatic carbocycles. The Labute approximate surface area is 172 Å². The molecule has 1 heterocycles. The summed E-state index contributed by atoms with van der Waals surface area (Å²) in [6.45, 7) is 8.76. The Morgan fingerprint density at radius 2 is 1.93 bits per heavy atom. The van der Waals surface area contributed by atoms with Gasteiger partial charge in [0, 0.05) is 19.6 Å². The topological polar surface area (TPSA) is 59.0 Å². The first kappa shape index (κ1) is 22.2. The van der Waals surface area contributed by atoms with Crippen molar-refractivity contribution in [3.63, 3.8) is 0 Å². The van der Waals surface area contributed by atoms with Gasteiger partial charge in [-0.1, -0.05) is 24.3 Å². The van der Waals surface area contributed by atoms with E-state index in [0.29, 0.717) is 19.7 Å². The van der Waals surface area contributed by atoms with E-state index >= 15 is 0 Å². The number of rotatable bonds is 6. The number of morpholine rings is 1. The van der Waals surface area contributed by atoms with Crippen LogP contribution in [0, 0.1) is 13.8 Å². The Kier molecular flexibility index (Phi) is 7.47. The van der Waals surface area contributed by atoms with Crippen molar-refractivity contribution in [1.29, 1.82) is 0 Å². The molecule has 0 saturated carbocycles. The molecule has 0 radical (unpaired) electrons. The van der Waals surface area contributed by atoms with Gasteiger partial charge >= 0.3 is 5.97 Å². The minimum atomic E-state index is -0.767. The molecule has 1 aliphatic rings. The van der Waals surface area contributed by atoms with Crippen LogP contribution in [0.1, 0.15) is 30.0 Å². The van der Waals surface area contributed by atoms with Crippen molar-refractivity contribution in [2.24, 2.45) is 0 Å². The van der Waals surface area contributed by atoms with Crippen molar-refractivity contribution in [1.82, 2.24) is 4.90 Å². The maximum absolute atomic E-state index is 10.8. The summed E-state index contributed by atoms with van der Waals surface area (Å²) >= 11 is 0. The molecule has 0 bridgehead atoms. The van der Waals surface area contributed by atoms with Gasteiger partial charge in [0.1, 0.15) is 17.1 Å². The summed E-state index contributed by atoms with van der Waals surface area (Å²) in [6, 6.07) is 14.0. The molecule has 152 valence electrons. The van der Waals surface area contributed by atoms with Crippen LogP contribution in [0.3, 0.4) is 0 Å². The van der Waals surface area contributed by atoms with Gasteiger partial charge in [-0.2, -0.15) is 0 Å². The minimum absolute atomic E-state index is 0. The van der Waals surface area contributed by atoms with Crippen molar-refractivity contribution < 1.29 is 19.4 Å². The molecule has 1 fully saturated rings. The van der Waals surface area contributed by atoms with Crippen LogP contribution in [0.25, 0.3) is 0 Å². The van der Waals surface area contributed by atoms with Crippen LogP contribution in [0.4, 0.5) is 0 Å². The summed E-state index contributed by atoms with van der Waals surface area (Å²) in [6.07, 6.45) is 0.151. The highest BCUT2D eigenvalue weighted by Crippen LogP contribution is 2.32. The third-order valence-corrected chi connectivity index (χ3v) is 5.24. The second-order valence-corrected chi connectivity index (χ2v) is 7.32. The molecule has 0 aromatic heterocycles. The number of hydrogen-bond donors (Lipinski definition) is 1. The molecule has 1 saturated heterocycles. The summed E-state index contributed by atoms with van der Waals surface area (Å²) < 4.78 is 12.1. The predicted molar refractivity (Wildman–Crippen MR) is 112 cm³/mol. The summed E-state index contributed by atoms with van der Waals surface area (Å²) in [5.41, 5.74) is 2.96. The molecule has 3 rings (SSSR count). The molecule has 1 atom stereocenters. The molecule has 2 aromatic rings. The van der Waals surface area contributed by atoms with E-state index in [0.717, 1.165) is 29.2 Å². The van der Waals surface area contributed by atoms with Crippen LogP contribution < -0.4 is 4.74 Å². The van der Waals surface area contributed by atoms with Crippen LogP contribution in [-0.4, -0.2) is 42.2 Å². The first-order chi connectivity index (χ1) is 12.9. The predicted octanol–water partition coefficient (Wildman–Crippen LogP) is 4.54. The fourth-order valence-electron chi connectivity index (χ4n) is 3.41. The maximum atomic E-state index is 10.8. The number of carbonyl (C=O) groups is 1. The summed E-state index contributed by atoms with van der Waals surface area (Å²) in [4.78, 5) is 13.0. The Balaban J connectivity index is 0.00000280. The van der Waals surface area contributed by atoms with Gasteiger partial charge in [0.15, 0.2) is 0 Å². The van der Waals surface area contributed by atoms with Crippen molar-refractivity contribution in [2.45, 2.75) is 32.8 Å². The zero-order valence-electron chi connectivity index (χ0n) is 16.6. The van der Waals surface area contributed by atoms with E-state index in [1.807, 2.05) is 36.4 Å². The quantitative estimate of drug-likeness (QED) is 0.764. The second-order valence-electron chi connectivity index (χ2n) is 7.32. The fourth-order valence-corrected chi connectivity index (χ4v) is 3.41. The Bertz CT molecular complexity index is 809. The van der Waals surface area contributed by atoms with E-state index in [9.17, 15) is 4.79 Å². The Hall–Kier alpha value is -2.08. The Morgan fingerprint density at radius 3 is 2.61 bits per heavy atom. The van der Waals surface area contributed by atoms with Crippen molar-refractivity contribution >= 4 is 18.4 Å². The van der Waals surface area contributed by atoms with Gasteiger partial charge in [-0.25, -0.2) is 0 Å². The Morgan fingerprint density at radius 1 is 1.21 bits per heavy atom. The van der Waals surface area contributed by atoms with Crippen molar-refractivity contribution in [3.05, 3.63) is 59.2 Å². The van der Waals surface area contributed by atoms with Crippen molar-refractivity contribution in [2.75, 3.05) is 26.2 Å². The fraction of sp³-hybridized carbons (Fsp3) is 0.409. The van der Waals surface area contributed by atoms with E-state index in [4.69, 9.17) is 14.6 Å². The van der Waals surface area contributed by atoms with Gasteiger partial charge < -0.3 is 14.6 Å². The number of ether oxygens (including phenoxy) is 2. The standard InChI is InChI=1S/C22H27NO4.ClH/c1-16-5-4-6-20(17(16)2)27-19-9-7-18(8-10-19)22(3)15-23(13-14-26-22)12-11-21(24)25;/h4-10H,11-15H2,1-3H3,(H,24,25);1H. The highest BCUT2D eigenvalue weighted by Gasteiger charge is 2.33.